The van der Waals surface area contributed by atoms with E-state index in [1.807, 2.05) is 6.92 Å². The SMILES string of the molecule is CC#CCCN(CC(=O)O)C1CCCC1. The first kappa shape index (κ1) is 12.1. The molecule has 1 aliphatic rings. The number of carbonyl (C=O) groups is 1. The van der Waals surface area contributed by atoms with E-state index in [4.69, 9.17) is 5.11 Å². The molecule has 1 rings (SSSR count). The van der Waals surface area contributed by atoms with Crippen molar-refractivity contribution in [2.45, 2.75) is 45.1 Å². The fourth-order valence-electron chi connectivity index (χ4n) is 2.16. The first-order valence-electron chi connectivity index (χ1n) is 5.59. The highest BCUT2D eigenvalue weighted by Gasteiger charge is 2.23. The lowest BCUT2D eigenvalue weighted by molar-refractivity contribution is -0.138. The molecule has 3 nitrogen and oxygen atoms in total. The summed E-state index contributed by atoms with van der Waals surface area (Å²) in [5, 5.41) is 8.82. The summed E-state index contributed by atoms with van der Waals surface area (Å²) in [6.45, 7) is 2.77. The van der Waals surface area contributed by atoms with Crippen LogP contribution in [0.15, 0.2) is 0 Å². The zero-order valence-corrected chi connectivity index (χ0v) is 9.33. The van der Waals surface area contributed by atoms with Gasteiger partial charge in [0, 0.05) is 19.0 Å². The van der Waals surface area contributed by atoms with Crippen molar-refractivity contribution >= 4 is 5.97 Å². The van der Waals surface area contributed by atoms with Gasteiger partial charge >= 0.3 is 5.97 Å². The molecule has 0 heterocycles. The Morgan fingerprint density at radius 2 is 2.13 bits per heavy atom. The van der Waals surface area contributed by atoms with Crippen LogP contribution in [0.3, 0.4) is 0 Å². The Balaban J connectivity index is 2.42. The summed E-state index contributed by atoms with van der Waals surface area (Å²) in [5.74, 6) is 5.10. The quantitative estimate of drug-likeness (QED) is 0.701. The molecule has 0 aromatic heterocycles. The number of nitrogens with zero attached hydrogens (tertiary/aromatic N) is 1. The molecule has 0 radical (unpaired) electrons. The van der Waals surface area contributed by atoms with Crippen LogP contribution in [-0.2, 0) is 4.79 Å². The van der Waals surface area contributed by atoms with E-state index in [-0.39, 0.29) is 6.54 Å². The van der Waals surface area contributed by atoms with Crippen LogP contribution in [0.2, 0.25) is 0 Å². The van der Waals surface area contributed by atoms with E-state index in [1.54, 1.807) is 0 Å². The standard InChI is InChI=1S/C12H19NO2/c1-2-3-6-9-13(10-12(14)15)11-7-4-5-8-11/h11H,4-10H2,1H3,(H,14,15). The van der Waals surface area contributed by atoms with Crippen LogP contribution in [-0.4, -0.2) is 35.1 Å². The van der Waals surface area contributed by atoms with Crippen LogP contribution in [0.1, 0.15) is 39.0 Å². The van der Waals surface area contributed by atoms with Crippen molar-refractivity contribution in [3.05, 3.63) is 0 Å². The Morgan fingerprint density at radius 3 is 2.67 bits per heavy atom. The summed E-state index contributed by atoms with van der Waals surface area (Å²) in [5.41, 5.74) is 0. The highest BCUT2D eigenvalue weighted by molar-refractivity contribution is 5.69. The minimum atomic E-state index is -0.730. The Labute approximate surface area is 91.5 Å². The maximum Gasteiger partial charge on any atom is 0.317 e. The average Bonchev–Trinajstić information content (AvgIpc) is 2.68. The van der Waals surface area contributed by atoms with Crippen LogP contribution >= 0.6 is 0 Å². The van der Waals surface area contributed by atoms with Gasteiger partial charge in [0.25, 0.3) is 0 Å². The molecule has 0 saturated heterocycles. The molecular formula is C12H19NO2. The molecule has 0 amide bonds. The van der Waals surface area contributed by atoms with E-state index in [1.165, 1.54) is 12.8 Å². The summed E-state index contributed by atoms with van der Waals surface area (Å²) >= 11 is 0. The molecule has 0 aromatic rings. The van der Waals surface area contributed by atoms with Gasteiger partial charge in [-0.15, -0.1) is 11.8 Å². The van der Waals surface area contributed by atoms with Crippen molar-refractivity contribution in [3.63, 3.8) is 0 Å². The van der Waals surface area contributed by atoms with Gasteiger partial charge in [0.1, 0.15) is 0 Å². The maximum atomic E-state index is 10.7. The number of carboxylic acid groups (broad SMARTS) is 1. The fourth-order valence-corrected chi connectivity index (χ4v) is 2.16. The van der Waals surface area contributed by atoms with E-state index >= 15 is 0 Å². The summed E-state index contributed by atoms with van der Waals surface area (Å²) < 4.78 is 0. The highest BCUT2D eigenvalue weighted by Crippen LogP contribution is 2.23. The predicted molar refractivity (Wildman–Crippen MR) is 59.5 cm³/mol. The van der Waals surface area contributed by atoms with Crippen LogP contribution in [0.4, 0.5) is 0 Å². The third-order valence-corrected chi connectivity index (χ3v) is 2.88. The fraction of sp³-hybridized carbons (Fsp3) is 0.750. The number of aliphatic carboxylic acids is 1. The van der Waals surface area contributed by atoms with Gasteiger partial charge in [-0.1, -0.05) is 12.8 Å². The monoisotopic (exact) mass is 209 g/mol. The van der Waals surface area contributed by atoms with Crippen molar-refractivity contribution in [1.29, 1.82) is 0 Å². The van der Waals surface area contributed by atoms with Gasteiger partial charge in [-0.25, -0.2) is 0 Å². The number of hydrogen-bond donors (Lipinski definition) is 1. The smallest absolute Gasteiger partial charge is 0.317 e. The minimum absolute atomic E-state index is 0.163. The number of carboxylic acids is 1. The summed E-state index contributed by atoms with van der Waals surface area (Å²) in [7, 11) is 0. The second-order valence-corrected chi connectivity index (χ2v) is 3.98. The van der Waals surface area contributed by atoms with E-state index in [2.05, 4.69) is 16.7 Å². The Bertz CT molecular complexity index is 259. The first-order valence-corrected chi connectivity index (χ1v) is 5.59. The molecule has 0 atom stereocenters. The zero-order chi connectivity index (χ0) is 11.1. The number of hydrogen-bond acceptors (Lipinski definition) is 2. The molecule has 1 N–H and O–H groups in total. The van der Waals surface area contributed by atoms with Gasteiger partial charge in [-0.2, -0.15) is 0 Å². The lowest BCUT2D eigenvalue weighted by Gasteiger charge is -2.26. The lowest BCUT2D eigenvalue weighted by atomic mass is 10.2. The molecule has 0 aliphatic heterocycles. The van der Waals surface area contributed by atoms with Crippen molar-refractivity contribution in [2.75, 3.05) is 13.1 Å². The molecule has 0 spiro atoms. The van der Waals surface area contributed by atoms with E-state index < -0.39 is 5.97 Å². The van der Waals surface area contributed by atoms with Crippen molar-refractivity contribution in [1.82, 2.24) is 4.90 Å². The van der Waals surface area contributed by atoms with Crippen LogP contribution in [0, 0.1) is 11.8 Å². The van der Waals surface area contributed by atoms with Gasteiger partial charge in [-0.05, 0) is 19.8 Å². The molecule has 84 valence electrons. The van der Waals surface area contributed by atoms with E-state index in [9.17, 15) is 4.79 Å². The van der Waals surface area contributed by atoms with E-state index in [0.717, 1.165) is 25.8 Å². The Kier molecular flexibility index (Phi) is 5.20. The summed E-state index contributed by atoms with van der Waals surface area (Å²) in [6, 6.07) is 0.472. The minimum Gasteiger partial charge on any atom is -0.480 e. The van der Waals surface area contributed by atoms with Crippen LogP contribution in [0.25, 0.3) is 0 Å². The third-order valence-electron chi connectivity index (χ3n) is 2.88. The Hall–Kier alpha value is -1.01. The second kappa shape index (κ2) is 6.47. The lowest BCUT2D eigenvalue weighted by Crippen LogP contribution is -2.38. The summed E-state index contributed by atoms with van der Waals surface area (Å²) in [4.78, 5) is 12.8. The second-order valence-electron chi connectivity index (χ2n) is 3.98. The predicted octanol–water partition coefficient (Wildman–Crippen LogP) is 1.73. The van der Waals surface area contributed by atoms with Gasteiger partial charge in [0.05, 0.1) is 6.54 Å². The number of rotatable bonds is 5. The zero-order valence-electron chi connectivity index (χ0n) is 9.33. The summed E-state index contributed by atoms with van der Waals surface area (Å²) in [6.07, 6.45) is 5.54. The molecule has 15 heavy (non-hydrogen) atoms. The maximum absolute atomic E-state index is 10.7. The first-order chi connectivity index (χ1) is 7.24. The molecule has 3 heteroatoms. The molecule has 0 unspecified atom stereocenters. The van der Waals surface area contributed by atoms with Gasteiger partial charge < -0.3 is 5.11 Å². The molecule has 0 aromatic carbocycles. The van der Waals surface area contributed by atoms with Crippen molar-refractivity contribution < 1.29 is 9.90 Å². The third kappa shape index (κ3) is 4.35. The molecule has 1 fully saturated rings. The highest BCUT2D eigenvalue weighted by atomic mass is 16.4. The Morgan fingerprint density at radius 1 is 1.47 bits per heavy atom. The van der Waals surface area contributed by atoms with Gasteiger partial charge in [0.2, 0.25) is 0 Å². The van der Waals surface area contributed by atoms with Crippen LogP contribution in [0.5, 0.6) is 0 Å². The van der Waals surface area contributed by atoms with Gasteiger partial charge in [-0.3, -0.25) is 9.69 Å². The molecular weight excluding hydrogens is 190 g/mol. The normalized spacial score (nSPS) is 16.4. The topological polar surface area (TPSA) is 40.5 Å². The largest absolute Gasteiger partial charge is 0.480 e. The van der Waals surface area contributed by atoms with Gasteiger partial charge in [0.15, 0.2) is 0 Å². The molecule has 1 saturated carbocycles. The van der Waals surface area contributed by atoms with Crippen molar-refractivity contribution in [3.8, 4) is 11.8 Å². The van der Waals surface area contributed by atoms with Crippen molar-refractivity contribution in [2.24, 2.45) is 0 Å². The molecule has 1 aliphatic carbocycles. The van der Waals surface area contributed by atoms with E-state index in [0.29, 0.717) is 6.04 Å². The average molecular weight is 209 g/mol. The van der Waals surface area contributed by atoms with Crippen LogP contribution < -0.4 is 0 Å². The molecule has 0 bridgehead atoms.